The SMILES string of the molecule is Cc1c(-c2ccnc3c(C(=O)NN)cnn23)cnn1C. The van der Waals surface area contributed by atoms with Gasteiger partial charge in [-0.3, -0.25) is 14.9 Å². The second-order valence-corrected chi connectivity index (χ2v) is 4.36. The number of carbonyl (C=O) groups excluding carboxylic acids is 1. The van der Waals surface area contributed by atoms with Crippen LogP contribution >= 0.6 is 0 Å². The van der Waals surface area contributed by atoms with Gasteiger partial charge in [0.25, 0.3) is 5.91 Å². The highest BCUT2D eigenvalue weighted by atomic mass is 16.2. The van der Waals surface area contributed by atoms with E-state index in [0.29, 0.717) is 11.2 Å². The van der Waals surface area contributed by atoms with Crippen LogP contribution in [0.15, 0.2) is 24.7 Å². The standard InChI is InChI=1S/C12H13N7O/c1-7-8(5-15-18(7)2)10-3-4-14-11-9(12(20)17-13)6-16-19(10)11/h3-6H,13H2,1-2H3,(H,17,20). The maximum Gasteiger partial charge on any atom is 0.270 e. The second kappa shape index (κ2) is 4.42. The Balaban J connectivity index is 2.26. The summed E-state index contributed by atoms with van der Waals surface area (Å²) in [5.74, 6) is 4.73. The molecule has 3 aromatic heterocycles. The lowest BCUT2D eigenvalue weighted by atomic mass is 10.2. The molecule has 0 atom stereocenters. The maximum absolute atomic E-state index is 11.7. The minimum atomic E-state index is -0.424. The fourth-order valence-electron chi connectivity index (χ4n) is 2.08. The third-order valence-electron chi connectivity index (χ3n) is 3.29. The molecule has 3 heterocycles. The highest BCUT2D eigenvalue weighted by Gasteiger charge is 2.17. The van der Waals surface area contributed by atoms with Gasteiger partial charge in [-0.1, -0.05) is 0 Å². The summed E-state index contributed by atoms with van der Waals surface area (Å²) in [6.45, 7) is 1.96. The molecule has 0 aliphatic rings. The summed E-state index contributed by atoms with van der Waals surface area (Å²) < 4.78 is 3.38. The lowest BCUT2D eigenvalue weighted by Gasteiger charge is -2.04. The van der Waals surface area contributed by atoms with Gasteiger partial charge in [-0.25, -0.2) is 15.3 Å². The number of nitrogens with one attached hydrogen (secondary N) is 1. The van der Waals surface area contributed by atoms with E-state index in [-0.39, 0.29) is 0 Å². The molecule has 0 fully saturated rings. The summed E-state index contributed by atoms with van der Waals surface area (Å²) in [4.78, 5) is 15.9. The summed E-state index contributed by atoms with van der Waals surface area (Å²) in [6, 6.07) is 1.83. The summed E-state index contributed by atoms with van der Waals surface area (Å²) in [6.07, 6.45) is 4.83. The van der Waals surface area contributed by atoms with Crippen LogP contribution in [0.2, 0.25) is 0 Å². The van der Waals surface area contributed by atoms with E-state index in [1.165, 1.54) is 6.20 Å². The molecule has 0 saturated carbocycles. The molecule has 102 valence electrons. The van der Waals surface area contributed by atoms with Gasteiger partial charge in [0.2, 0.25) is 0 Å². The van der Waals surface area contributed by atoms with Crippen molar-refractivity contribution in [3.05, 3.63) is 35.9 Å². The van der Waals surface area contributed by atoms with Crippen LogP contribution < -0.4 is 11.3 Å². The van der Waals surface area contributed by atoms with Gasteiger partial charge < -0.3 is 0 Å². The van der Waals surface area contributed by atoms with Crippen LogP contribution in [0.3, 0.4) is 0 Å². The Hall–Kier alpha value is -2.74. The number of hydrogen-bond acceptors (Lipinski definition) is 5. The van der Waals surface area contributed by atoms with Gasteiger partial charge in [0.15, 0.2) is 5.65 Å². The van der Waals surface area contributed by atoms with Crippen molar-refractivity contribution in [2.75, 3.05) is 0 Å². The van der Waals surface area contributed by atoms with Crippen LogP contribution in [0, 0.1) is 6.92 Å². The first-order valence-electron chi connectivity index (χ1n) is 5.96. The van der Waals surface area contributed by atoms with E-state index in [9.17, 15) is 4.79 Å². The Kier molecular flexibility index (Phi) is 2.72. The number of carbonyl (C=O) groups is 1. The van der Waals surface area contributed by atoms with E-state index >= 15 is 0 Å². The van der Waals surface area contributed by atoms with Crippen molar-refractivity contribution in [1.82, 2.24) is 29.8 Å². The van der Waals surface area contributed by atoms with E-state index in [2.05, 4.69) is 20.6 Å². The monoisotopic (exact) mass is 271 g/mol. The molecule has 0 aliphatic carbocycles. The number of hydrogen-bond donors (Lipinski definition) is 2. The lowest BCUT2D eigenvalue weighted by Crippen LogP contribution is -2.29. The smallest absolute Gasteiger partial charge is 0.270 e. The molecule has 0 bridgehead atoms. The summed E-state index contributed by atoms with van der Waals surface area (Å²) >= 11 is 0. The first-order valence-corrected chi connectivity index (χ1v) is 5.96. The van der Waals surface area contributed by atoms with Crippen LogP contribution in [-0.2, 0) is 7.05 Å². The number of nitrogens with zero attached hydrogens (tertiary/aromatic N) is 5. The zero-order valence-corrected chi connectivity index (χ0v) is 11.0. The summed E-state index contributed by atoms with van der Waals surface area (Å²) in [5, 5.41) is 8.43. The molecule has 0 aromatic carbocycles. The number of amides is 1. The number of nitrogens with two attached hydrogens (primary N) is 1. The van der Waals surface area contributed by atoms with Crippen LogP contribution in [0.5, 0.6) is 0 Å². The van der Waals surface area contributed by atoms with Crippen LogP contribution in [0.25, 0.3) is 16.9 Å². The molecule has 3 N–H and O–H groups in total. The van der Waals surface area contributed by atoms with E-state index in [1.807, 2.05) is 20.0 Å². The zero-order chi connectivity index (χ0) is 14.3. The first-order chi connectivity index (χ1) is 9.63. The second-order valence-electron chi connectivity index (χ2n) is 4.36. The third-order valence-corrected chi connectivity index (χ3v) is 3.29. The molecule has 3 rings (SSSR count). The molecule has 20 heavy (non-hydrogen) atoms. The van der Waals surface area contributed by atoms with E-state index in [0.717, 1.165) is 17.0 Å². The molecule has 3 aromatic rings. The number of aromatic nitrogens is 5. The Morgan fingerprint density at radius 1 is 1.35 bits per heavy atom. The average Bonchev–Trinajstić information content (AvgIpc) is 3.03. The van der Waals surface area contributed by atoms with Crippen LogP contribution in [-0.4, -0.2) is 30.3 Å². The molecule has 8 heteroatoms. The Morgan fingerprint density at radius 3 is 2.80 bits per heavy atom. The highest BCUT2D eigenvalue weighted by Crippen LogP contribution is 2.23. The number of aryl methyl sites for hydroxylation is 1. The molecular formula is C12H13N7O. The van der Waals surface area contributed by atoms with Gasteiger partial charge in [-0.05, 0) is 13.0 Å². The molecular weight excluding hydrogens is 258 g/mol. The maximum atomic E-state index is 11.7. The van der Waals surface area contributed by atoms with Crippen molar-refractivity contribution in [1.29, 1.82) is 0 Å². The topological polar surface area (TPSA) is 103 Å². The van der Waals surface area contributed by atoms with Gasteiger partial charge >= 0.3 is 0 Å². The van der Waals surface area contributed by atoms with Gasteiger partial charge in [-0.15, -0.1) is 0 Å². The molecule has 0 saturated heterocycles. The number of fused-ring (bicyclic) bond motifs is 1. The van der Waals surface area contributed by atoms with Gasteiger partial charge in [0.05, 0.1) is 18.1 Å². The predicted molar refractivity (Wildman–Crippen MR) is 71.6 cm³/mol. The van der Waals surface area contributed by atoms with Crippen molar-refractivity contribution in [2.24, 2.45) is 12.9 Å². The van der Waals surface area contributed by atoms with E-state index in [4.69, 9.17) is 5.84 Å². The fraction of sp³-hybridized carbons (Fsp3) is 0.167. The van der Waals surface area contributed by atoms with Gasteiger partial charge in [0, 0.05) is 24.5 Å². The van der Waals surface area contributed by atoms with Gasteiger partial charge in [0.1, 0.15) is 5.56 Å². The Labute approximate surface area is 114 Å². The van der Waals surface area contributed by atoms with E-state index < -0.39 is 5.91 Å². The summed E-state index contributed by atoms with van der Waals surface area (Å²) in [5.41, 5.74) is 5.61. The Bertz CT molecular complexity index is 801. The van der Waals surface area contributed by atoms with Crippen LogP contribution in [0.4, 0.5) is 0 Å². The molecule has 1 amide bonds. The van der Waals surface area contributed by atoms with Gasteiger partial charge in [-0.2, -0.15) is 10.2 Å². The number of nitrogen functional groups attached to an aromatic ring is 1. The van der Waals surface area contributed by atoms with Crippen molar-refractivity contribution in [3.8, 4) is 11.3 Å². The Morgan fingerprint density at radius 2 is 2.15 bits per heavy atom. The van der Waals surface area contributed by atoms with Crippen molar-refractivity contribution in [2.45, 2.75) is 6.92 Å². The molecule has 0 aliphatic heterocycles. The first kappa shape index (κ1) is 12.3. The lowest BCUT2D eigenvalue weighted by molar-refractivity contribution is 0.0955. The van der Waals surface area contributed by atoms with E-state index in [1.54, 1.807) is 21.6 Å². The highest BCUT2D eigenvalue weighted by molar-refractivity contribution is 5.99. The minimum Gasteiger partial charge on any atom is -0.290 e. The fourth-order valence-corrected chi connectivity index (χ4v) is 2.08. The minimum absolute atomic E-state index is 0.330. The summed E-state index contributed by atoms with van der Waals surface area (Å²) in [7, 11) is 1.87. The molecule has 0 unspecified atom stereocenters. The molecule has 0 radical (unpaired) electrons. The largest absolute Gasteiger partial charge is 0.290 e. The number of hydrazine groups is 1. The normalized spacial score (nSPS) is 10.9. The third kappa shape index (κ3) is 1.66. The predicted octanol–water partition coefficient (Wildman–Crippen LogP) is 0.0417. The average molecular weight is 271 g/mol. The van der Waals surface area contributed by atoms with Crippen molar-refractivity contribution >= 4 is 11.6 Å². The van der Waals surface area contributed by atoms with Crippen molar-refractivity contribution < 1.29 is 4.79 Å². The van der Waals surface area contributed by atoms with Crippen molar-refractivity contribution in [3.63, 3.8) is 0 Å². The molecule has 8 nitrogen and oxygen atoms in total. The number of rotatable bonds is 2. The van der Waals surface area contributed by atoms with Crippen LogP contribution in [0.1, 0.15) is 16.1 Å². The zero-order valence-electron chi connectivity index (χ0n) is 11.0. The molecule has 0 spiro atoms. The quantitative estimate of drug-likeness (QED) is 0.389.